The summed E-state index contributed by atoms with van der Waals surface area (Å²) in [6, 6.07) is 4.58. The van der Waals surface area contributed by atoms with E-state index in [4.69, 9.17) is 18.0 Å². The molecular formula is C15H19FN2OS. The summed E-state index contributed by atoms with van der Waals surface area (Å²) in [4.78, 5) is 14.3. The summed E-state index contributed by atoms with van der Waals surface area (Å²) in [5.41, 5.74) is 7.11. The number of rotatable bonds is 4. The number of hydrogen-bond donors (Lipinski definition) is 1. The topological polar surface area (TPSA) is 46.3 Å². The Hall–Kier alpha value is -1.49. The lowest BCUT2D eigenvalue weighted by atomic mass is 9.88. The molecule has 20 heavy (non-hydrogen) atoms. The zero-order valence-electron chi connectivity index (χ0n) is 11.8. The Morgan fingerprint density at radius 2 is 2.15 bits per heavy atom. The summed E-state index contributed by atoms with van der Waals surface area (Å²) < 4.78 is 13.3. The van der Waals surface area contributed by atoms with Gasteiger partial charge in [-0.05, 0) is 36.6 Å². The van der Waals surface area contributed by atoms with Gasteiger partial charge in [0.05, 0.1) is 4.99 Å². The van der Waals surface area contributed by atoms with Gasteiger partial charge in [-0.1, -0.05) is 26.1 Å². The highest BCUT2D eigenvalue weighted by atomic mass is 32.1. The average molecular weight is 294 g/mol. The fourth-order valence-corrected chi connectivity index (χ4v) is 2.39. The van der Waals surface area contributed by atoms with Crippen LogP contribution in [0.2, 0.25) is 0 Å². The molecule has 0 radical (unpaired) electrons. The first-order valence-electron chi connectivity index (χ1n) is 6.70. The first-order chi connectivity index (χ1) is 9.31. The van der Waals surface area contributed by atoms with E-state index < -0.39 is 0 Å². The molecule has 3 nitrogen and oxygen atoms in total. The van der Waals surface area contributed by atoms with Crippen molar-refractivity contribution in [1.82, 2.24) is 0 Å². The van der Waals surface area contributed by atoms with E-state index in [1.54, 1.807) is 11.0 Å². The molecule has 0 spiro atoms. The molecule has 1 aromatic carbocycles. The lowest BCUT2D eigenvalue weighted by Gasteiger charge is -2.32. The third kappa shape index (κ3) is 2.98. The number of aryl methyl sites for hydroxylation is 1. The number of halogens is 1. The fraction of sp³-hybridized carbons (Fsp3) is 0.467. The predicted octanol–water partition coefficient (Wildman–Crippen LogP) is 2.81. The smallest absolute Gasteiger partial charge is 0.227 e. The van der Waals surface area contributed by atoms with Crippen LogP contribution >= 0.6 is 12.2 Å². The molecule has 1 amide bonds. The van der Waals surface area contributed by atoms with Gasteiger partial charge in [0.25, 0.3) is 0 Å². The number of fused-ring (bicyclic) bond motifs is 1. The van der Waals surface area contributed by atoms with Gasteiger partial charge in [0, 0.05) is 24.1 Å². The molecule has 0 aromatic heterocycles. The maximum Gasteiger partial charge on any atom is 0.227 e. The first-order valence-corrected chi connectivity index (χ1v) is 7.11. The molecule has 0 atom stereocenters. The van der Waals surface area contributed by atoms with Gasteiger partial charge in [0.15, 0.2) is 0 Å². The monoisotopic (exact) mass is 294 g/mol. The second-order valence-corrected chi connectivity index (χ2v) is 6.26. The minimum Gasteiger partial charge on any atom is -0.393 e. The van der Waals surface area contributed by atoms with Crippen LogP contribution in [0.15, 0.2) is 18.2 Å². The maximum absolute atomic E-state index is 13.3. The van der Waals surface area contributed by atoms with E-state index in [1.807, 2.05) is 13.8 Å². The first kappa shape index (κ1) is 14.9. The van der Waals surface area contributed by atoms with Crippen LogP contribution in [-0.2, 0) is 11.2 Å². The van der Waals surface area contributed by atoms with Crippen molar-refractivity contribution in [1.29, 1.82) is 0 Å². The van der Waals surface area contributed by atoms with Crippen LogP contribution in [0.5, 0.6) is 0 Å². The van der Waals surface area contributed by atoms with E-state index >= 15 is 0 Å². The van der Waals surface area contributed by atoms with Crippen LogP contribution in [0.25, 0.3) is 0 Å². The van der Waals surface area contributed by atoms with Crippen molar-refractivity contribution < 1.29 is 9.18 Å². The molecule has 0 unspecified atom stereocenters. The Morgan fingerprint density at radius 3 is 2.80 bits per heavy atom. The highest BCUT2D eigenvalue weighted by Gasteiger charge is 2.28. The molecule has 0 saturated heterocycles. The Balaban J connectivity index is 2.20. The number of nitrogens with two attached hydrogens (primary N) is 1. The molecule has 1 aliphatic heterocycles. The zero-order valence-corrected chi connectivity index (χ0v) is 12.6. The van der Waals surface area contributed by atoms with Gasteiger partial charge in [0.1, 0.15) is 5.82 Å². The maximum atomic E-state index is 13.3. The molecule has 2 N–H and O–H groups in total. The van der Waals surface area contributed by atoms with Gasteiger partial charge in [0.2, 0.25) is 5.91 Å². The molecular weight excluding hydrogens is 275 g/mol. The van der Waals surface area contributed by atoms with Crippen molar-refractivity contribution in [2.24, 2.45) is 11.1 Å². The Labute approximate surface area is 123 Å². The summed E-state index contributed by atoms with van der Waals surface area (Å²) >= 11 is 5.05. The molecule has 2 rings (SSSR count). The van der Waals surface area contributed by atoms with Gasteiger partial charge in [-0.2, -0.15) is 0 Å². The Bertz CT molecular complexity index is 557. The third-order valence-electron chi connectivity index (χ3n) is 3.87. The number of nitrogens with zero attached hydrogens (tertiary/aromatic N) is 1. The molecule has 5 heteroatoms. The number of carbonyl (C=O) groups is 1. The standard InChI is InChI=1S/C15H19FN2OS/c1-15(2,14(17)20)7-8-18-12-5-4-11(16)9-10(12)3-6-13(18)19/h4-5,9H,3,6-8H2,1-2H3,(H2,17,20). The minimum atomic E-state index is -0.298. The highest BCUT2D eigenvalue weighted by Crippen LogP contribution is 2.30. The Morgan fingerprint density at radius 1 is 1.45 bits per heavy atom. The number of hydrogen-bond acceptors (Lipinski definition) is 2. The lowest BCUT2D eigenvalue weighted by molar-refractivity contribution is -0.118. The van der Waals surface area contributed by atoms with E-state index in [0.29, 0.717) is 30.8 Å². The summed E-state index contributed by atoms with van der Waals surface area (Å²) in [7, 11) is 0. The molecule has 0 saturated carbocycles. The molecule has 1 heterocycles. The van der Waals surface area contributed by atoms with Gasteiger partial charge < -0.3 is 10.6 Å². The summed E-state index contributed by atoms with van der Waals surface area (Å²) in [6.07, 6.45) is 1.70. The Kier molecular flexibility index (Phi) is 4.09. The van der Waals surface area contributed by atoms with E-state index in [-0.39, 0.29) is 17.1 Å². The average Bonchev–Trinajstić information content (AvgIpc) is 2.37. The summed E-state index contributed by atoms with van der Waals surface area (Å²) in [5, 5.41) is 0. The van der Waals surface area contributed by atoms with Crippen LogP contribution in [-0.4, -0.2) is 17.4 Å². The number of carbonyl (C=O) groups excluding carboxylic acids is 1. The van der Waals surface area contributed by atoms with Crippen molar-refractivity contribution in [3.05, 3.63) is 29.6 Å². The number of thiocarbonyl (C=S) groups is 1. The van der Waals surface area contributed by atoms with Crippen molar-refractivity contribution in [2.45, 2.75) is 33.1 Å². The molecule has 0 aliphatic carbocycles. The van der Waals surface area contributed by atoms with Gasteiger partial charge >= 0.3 is 0 Å². The van der Waals surface area contributed by atoms with Crippen molar-refractivity contribution in [3.8, 4) is 0 Å². The summed E-state index contributed by atoms with van der Waals surface area (Å²) in [5.74, 6) is -0.190. The zero-order chi connectivity index (χ0) is 14.9. The van der Waals surface area contributed by atoms with Crippen molar-refractivity contribution in [2.75, 3.05) is 11.4 Å². The van der Waals surface area contributed by atoms with Gasteiger partial charge in [-0.25, -0.2) is 4.39 Å². The van der Waals surface area contributed by atoms with Crippen molar-refractivity contribution >= 4 is 28.8 Å². The highest BCUT2D eigenvalue weighted by molar-refractivity contribution is 7.80. The van der Waals surface area contributed by atoms with Gasteiger partial charge in [-0.15, -0.1) is 0 Å². The lowest BCUT2D eigenvalue weighted by Crippen LogP contribution is -2.40. The van der Waals surface area contributed by atoms with Crippen LogP contribution < -0.4 is 10.6 Å². The SMILES string of the molecule is CC(C)(CCN1C(=O)CCc2cc(F)ccc21)C(N)=S. The summed E-state index contributed by atoms with van der Waals surface area (Å²) in [6.45, 7) is 4.48. The van der Waals surface area contributed by atoms with E-state index in [9.17, 15) is 9.18 Å². The molecule has 1 aromatic rings. The van der Waals surface area contributed by atoms with E-state index in [0.717, 1.165) is 11.3 Å². The second kappa shape index (κ2) is 5.48. The fourth-order valence-electron chi connectivity index (χ4n) is 2.29. The van der Waals surface area contributed by atoms with E-state index in [1.165, 1.54) is 12.1 Å². The van der Waals surface area contributed by atoms with Crippen LogP contribution in [0, 0.1) is 11.2 Å². The minimum absolute atomic E-state index is 0.0721. The molecule has 108 valence electrons. The van der Waals surface area contributed by atoms with Gasteiger partial charge in [-0.3, -0.25) is 4.79 Å². The van der Waals surface area contributed by atoms with E-state index in [2.05, 4.69) is 0 Å². The molecule has 0 fully saturated rings. The molecule has 0 bridgehead atoms. The number of amides is 1. The number of anilines is 1. The molecule has 1 aliphatic rings. The quantitative estimate of drug-likeness (QED) is 0.869. The number of benzene rings is 1. The van der Waals surface area contributed by atoms with Crippen LogP contribution in [0.4, 0.5) is 10.1 Å². The second-order valence-electron chi connectivity index (χ2n) is 5.82. The van der Waals surface area contributed by atoms with Crippen molar-refractivity contribution in [3.63, 3.8) is 0 Å². The normalized spacial score (nSPS) is 15.2. The predicted molar refractivity (Wildman–Crippen MR) is 82.3 cm³/mol. The largest absolute Gasteiger partial charge is 0.393 e. The van der Waals surface area contributed by atoms with Crippen LogP contribution in [0.1, 0.15) is 32.3 Å². The third-order valence-corrected chi connectivity index (χ3v) is 4.42. The van der Waals surface area contributed by atoms with Crippen LogP contribution in [0.3, 0.4) is 0 Å².